The van der Waals surface area contributed by atoms with Crippen LogP contribution in [0.1, 0.15) is 11.1 Å². The van der Waals surface area contributed by atoms with Crippen LogP contribution in [0.2, 0.25) is 5.02 Å². The van der Waals surface area contributed by atoms with E-state index in [2.05, 4.69) is 20.5 Å². The summed E-state index contributed by atoms with van der Waals surface area (Å²) in [7, 11) is 1.50. The second kappa shape index (κ2) is 9.94. The van der Waals surface area contributed by atoms with E-state index in [-0.39, 0.29) is 30.3 Å². The van der Waals surface area contributed by atoms with Gasteiger partial charge in [-0.15, -0.1) is 0 Å². The van der Waals surface area contributed by atoms with Crippen LogP contribution >= 0.6 is 11.6 Å². The van der Waals surface area contributed by atoms with Gasteiger partial charge in [0.1, 0.15) is 18.5 Å². The molecule has 0 aliphatic heterocycles. The molecule has 0 aliphatic carbocycles. The average molecular weight is 483 g/mol. The molecular weight excluding hydrogens is 460 g/mol. The Morgan fingerprint density at radius 2 is 1.97 bits per heavy atom. The number of fused-ring (bicyclic) bond motifs is 1. The molecule has 176 valence electrons. The summed E-state index contributed by atoms with van der Waals surface area (Å²) < 4.78 is 8.43. The summed E-state index contributed by atoms with van der Waals surface area (Å²) >= 11 is 5.90. The standard InChI is InChI=1S/C23H23ClN6O4/c1-14-5-3-4-6-18(14)34-13-17(31)12-30-19-20(29(2)23(33)27-21(19)32)26-22(30)28-25-11-15-7-9-16(24)10-8-15/h3-11,17,31H,12-13H2,1-2H3,(H,26,28)(H,27,32,33)/b25-11-. The van der Waals surface area contributed by atoms with Crippen LogP contribution in [-0.4, -0.2) is 43.1 Å². The quantitative estimate of drug-likeness (QED) is 0.261. The van der Waals surface area contributed by atoms with Gasteiger partial charge in [-0.3, -0.25) is 14.3 Å². The van der Waals surface area contributed by atoms with Crippen molar-refractivity contribution in [2.24, 2.45) is 12.1 Å². The van der Waals surface area contributed by atoms with Gasteiger partial charge in [0.25, 0.3) is 5.56 Å². The van der Waals surface area contributed by atoms with Crippen LogP contribution in [0, 0.1) is 6.92 Å². The number of benzene rings is 2. The zero-order valence-corrected chi connectivity index (χ0v) is 19.3. The number of halogens is 1. The molecule has 11 heteroatoms. The summed E-state index contributed by atoms with van der Waals surface area (Å²) in [4.78, 5) is 31.3. The van der Waals surface area contributed by atoms with Crippen molar-refractivity contribution < 1.29 is 9.84 Å². The van der Waals surface area contributed by atoms with Gasteiger partial charge in [0.2, 0.25) is 5.95 Å². The summed E-state index contributed by atoms with van der Waals surface area (Å²) in [6.07, 6.45) is 0.579. The Labute approximate surface area is 199 Å². The van der Waals surface area contributed by atoms with E-state index in [4.69, 9.17) is 16.3 Å². The minimum atomic E-state index is -0.977. The predicted octanol–water partition coefficient (Wildman–Crippen LogP) is 2.27. The number of anilines is 1. The number of aromatic amines is 1. The number of nitrogens with zero attached hydrogens (tertiary/aromatic N) is 4. The number of hydrogen-bond acceptors (Lipinski definition) is 7. The number of para-hydroxylation sites is 1. The minimum Gasteiger partial charge on any atom is -0.491 e. The molecule has 34 heavy (non-hydrogen) atoms. The lowest BCUT2D eigenvalue weighted by Crippen LogP contribution is -2.30. The van der Waals surface area contributed by atoms with Crippen LogP contribution in [0.4, 0.5) is 5.95 Å². The third-order valence-corrected chi connectivity index (χ3v) is 5.43. The van der Waals surface area contributed by atoms with Gasteiger partial charge in [-0.2, -0.15) is 10.1 Å². The third-order valence-electron chi connectivity index (χ3n) is 5.17. The Morgan fingerprint density at radius 3 is 2.71 bits per heavy atom. The SMILES string of the molecule is Cc1ccccc1OCC(O)Cn1c(N/N=C\c2ccc(Cl)cc2)nc2c1c(=O)[nH]c(=O)n2C. The Balaban J connectivity index is 1.62. The van der Waals surface area contributed by atoms with Crippen molar-refractivity contribution in [1.82, 2.24) is 19.1 Å². The highest BCUT2D eigenvalue weighted by Gasteiger charge is 2.20. The van der Waals surface area contributed by atoms with Crippen molar-refractivity contribution in [3.05, 3.63) is 85.5 Å². The monoisotopic (exact) mass is 482 g/mol. The molecule has 2 heterocycles. The summed E-state index contributed by atoms with van der Waals surface area (Å²) in [6, 6.07) is 14.5. The fourth-order valence-electron chi connectivity index (χ4n) is 3.38. The van der Waals surface area contributed by atoms with Gasteiger partial charge < -0.3 is 14.4 Å². The van der Waals surface area contributed by atoms with Crippen LogP contribution < -0.4 is 21.4 Å². The van der Waals surface area contributed by atoms with Crippen molar-refractivity contribution in [2.45, 2.75) is 19.6 Å². The van der Waals surface area contributed by atoms with E-state index in [1.807, 2.05) is 31.2 Å². The maximum absolute atomic E-state index is 12.6. The maximum atomic E-state index is 12.6. The zero-order valence-electron chi connectivity index (χ0n) is 18.5. The lowest BCUT2D eigenvalue weighted by atomic mass is 10.2. The number of rotatable bonds is 8. The van der Waals surface area contributed by atoms with E-state index in [1.165, 1.54) is 16.2 Å². The molecule has 4 aromatic rings. The molecular formula is C23H23ClN6O4. The van der Waals surface area contributed by atoms with Crippen LogP contribution in [0.25, 0.3) is 11.2 Å². The summed E-state index contributed by atoms with van der Waals surface area (Å²) in [5.74, 6) is 0.838. The highest BCUT2D eigenvalue weighted by atomic mass is 35.5. The van der Waals surface area contributed by atoms with Gasteiger partial charge in [0.15, 0.2) is 11.2 Å². The summed E-state index contributed by atoms with van der Waals surface area (Å²) in [5.41, 5.74) is 3.59. The van der Waals surface area contributed by atoms with E-state index >= 15 is 0 Å². The lowest BCUT2D eigenvalue weighted by molar-refractivity contribution is 0.0935. The largest absolute Gasteiger partial charge is 0.491 e. The van der Waals surface area contributed by atoms with Gasteiger partial charge >= 0.3 is 5.69 Å². The number of ether oxygens (including phenoxy) is 1. The molecule has 0 saturated carbocycles. The van der Waals surface area contributed by atoms with Crippen LogP contribution in [-0.2, 0) is 13.6 Å². The highest BCUT2D eigenvalue weighted by Crippen LogP contribution is 2.19. The Hall–Kier alpha value is -3.89. The van der Waals surface area contributed by atoms with Gasteiger partial charge in [-0.25, -0.2) is 10.2 Å². The van der Waals surface area contributed by atoms with Gasteiger partial charge in [-0.1, -0.05) is 41.9 Å². The number of aryl methyl sites for hydroxylation is 2. The first-order chi connectivity index (χ1) is 16.3. The highest BCUT2D eigenvalue weighted by molar-refractivity contribution is 6.30. The van der Waals surface area contributed by atoms with Gasteiger partial charge in [-0.05, 0) is 36.2 Å². The van der Waals surface area contributed by atoms with E-state index in [1.54, 1.807) is 30.5 Å². The van der Waals surface area contributed by atoms with E-state index < -0.39 is 17.4 Å². The molecule has 0 saturated heterocycles. The number of H-pyrrole nitrogens is 1. The van der Waals surface area contributed by atoms with Gasteiger partial charge in [0.05, 0.1) is 12.8 Å². The molecule has 1 unspecified atom stereocenters. The first kappa shape index (κ1) is 23.3. The molecule has 0 fully saturated rings. The van der Waals surface area contributed by atoms with Crippen molar-refractivity contribution in [3.63, 3.8) is 0 Å². The normalized spacial score (nSPS) is 12.4. The molecule has 4 rings (SSSR count). The molecule has 0 amide bonds. The molecule has 0 radical (unpaired) electrons. The molecule has 0 aliphatic rings. The van der Waals surface area contributed by atoms with Crippen molar-refractivity contribution in [1.29, 1.82) is 0 Å². The molecule has 2 aromatic carbocycles. The molecule has 3 N–H and O–H groups in total. The van der Waals surface area contributed by atoms with Crippen LogP contribution in [0.15, 0.2) is 63.2 Å². The van der Waals surface area contributed by atoms with Gasteiger partial charge in [0, 0.05) is 12.1 Å². The molecule has 0 spiro atoms. The molecule has 1 atom stereocenters. The van der Waals surface area contributed by atoms with Crippen LogP contribution in [0.3, 0.4) is 0 Å². The van der Waals surface area contributed by atoms with Crippen molar-refractivity contribution >= 4 is 34.9 Å². The fraction of sp³-hybridized carbons (Fsp3) is 0.217. The Morgan fingerprint density at radius 1 is 1.24 bits per heavy atom. The second-order valence-electron chi connectivity index (χ2n) is 7.69. The van der Waals surface area contributed by atoms with E-state index in [0.29, 0.717) is 10.8 Å². The number of hydrogen-bond donors (Lipinski definition) is 3. The topological polar surface area (TPSA) is 127 Å². The number of hydrazone groups is 1. The molecule has 2 aromatic heterocycles. The van der Waals surface area contributed by atoms with Crippen LogP contribution in [0.5, 0.6) is 5.75 Å². The van der Waals surface area contributed by atoms with E-state index in [9.17, 15) is 14.7 Å². The lowest BCUT2D eigenvalue weighted by Gasteiger charge is -2.16. The second-order valence-corrected chi connectivity index (χ2v) is 8.12. The fourth-order valence-corrected chi connectivity index (χ4v) is 3.50. The zero-order chi connectivity index (χ0) is 24.2. The van der Waals surface area contributed by atoms with E-state index in [0.717, 1.165) is 11.1 Å². The maximum Gasteiger partial charge on any atom is 0.329 e. The Kier molecular flexibility index (Phi) is 6.80. The van der Waals surface area contributed by atoms with Crippen molar-refractivity contribution in [2.75, 3.05) is 12.0 Å². The number of aliphatic hydroxyl groups excluding tert-OH is 1. The third kappa shape index (κ3) is 5.03. The number of aliphatic hydroxyl groups is 1. The molecule has 0 bridgehead atoms. The summed E-state index contributed by atoms with van der Waals surface area (Å²) in [6.45, 7) is 1.87. The Bertz CT molecular complexity index is 1460. The first-order valence-corrected chi connectivity index (χ1v) is 10.8. The number of imidazole rings is 1. The smallest absolute Gasteiger partial charge is 0.329 e. The number of aromatic nitrogens is 4. The molecule has 10 nitrogen and oxygen atoms in total. The first-order valence-electron chi connectivity index (χ1n) is 10.4. The van der Waals surface area contributed by atoms with Crippen molar-refractivity contribution in [3.8, 4) is 5.75 Å². The minimum absolute atomic E-state index is 0.0122. The number of nitrogens with one attached hydrogen (secondary N) is 2. The summed E-state index contributed by atoms with van der Waals surface area (Å²) in [5, 5.41) is 15.5. The predicted molar refractivity (Wildman–Crippen MR) is 131 cm³/mol. The average Bonchev–Trinajstić information content (AvgIpc) is 3.17.